The number of benzene rings is 1. The van der Waals surface area contributed by atoms with Gasteiger partial charge in [-0.2, -0.15) is 0 Å². The van der Waals surface area contributed by atoms with E-state index >= 15 is 0 Å². The lowest BCUT2D eigenvalue weighted by Crippen LogP contribution is -1.90. The summed E-state index contributed by atoms with van der Waals surface area (Å²) >= 11 is 6.18. The number of rotatable bonds is 0. The van der Waals surface area contributed by atoms with Gasteiger partial charge in [0.1, 0.15) is 0 Å². The van der Waals surface area contributed by atoms with Gasteiger partial charge >= 0.3 is 0 Å². The number of hydrogen-bond donors (Lipinski definition) is 1. The molecule has 74 valence electrons. The zero-order chi connectivity index (χ0) is 10.5. The van der Waals surface area contributed by atoms with Gasteiger partial charge in [-0.25, -0.2) is 0 Å². The van der Waals surface area contributed by atoms with E-state index in [0.29, 0.717) is 10.7 Å². The van der Waals surface area contributed by atoms with Crippen molar-refractivity contribution in [1.82, 2.24) is 4.57 Å². The van der Waals surface area contributed by atoms with E-state index in [9.17, 15) is 0 Å². The van der Waals surface area contributed by atoms with Crippen molar-refractivity contribution in [3.63, 3.8) is 0 Å². The minimum atomic E-state index is 0.646. The molecule has 0 fully saturated rings. The van der Waals surface area contributed by atoms with E-state index in [4.69, 9.17) is 17.3 Å². The van der Waals surface area contributed by atoms with Gasteiger partial charge in [0, 0.05) is 23.6 Å². The molecule has 0 aliphatic heterocycles. The smallest absolute Gasteiger partial charge is 0.0731 e. The maximum atomic E-state index is 6.18. The largest absolute Gasteiger partial charge is 0.398 e. The summed E-state index contributed by atoms with van der Waals surface area (Å²) in [6.07, 6.45) is 0. The fourth-order valence-corrected chi connectivity index (χ4v) is 2.13. The summed E-state index contributed by atoms with van der Waals surface area (Å²) in [5, 5.41) is 1.75. The Labute approximate surface area is 88.3 Å². The quantitative estimate of drug-likeness (QED) is 0.663. The molecule has 0 unspecified atom stereocenters. The van der Waals surface area contributed by atoms with E-state index in [2.05, 4.69) is 18.4 Å². The second-order valence-electron chi connectivity index (χ2n) is 3.63. The second-order valence-corrected chi connectivity index (χ2v) is 4.01. The van der Waals surface area contributed by atoms with Crippen molar-refractivity contribution in [2.45, 2.75) is 13.8 Å². The molecule has 1 heterocycles. The molecule has 1 aromatic heterocycles. The molecule has 0 atom stereocenters. The van der Waals surface area contributed by atoms with Gasteiger partial charge in [0.25, 0.3) is 0 Å². The molecule has 2 nitrogen and oxygen atoms in total. The lowest BCUT2D eigenvalue weighted by Gasteiger charge is -2.01. The zero-order valence-corrected chi connectivity index (χ0v) is 9.31. The first-order chi connectivity index (χ1) is 6.54. The highest BCUT2D eigenvalue weighted by Gasteiger charge is 2.12. The van der Waals surface area contributed by atoms with Gasteiger partial charge in [0.2, 0.25) is 0 Å². The third-order valence-electron chi connectivity index (χ3n) is 2.93. The lowest BCUT2D eigenvalue weighted by molar-refractivity contribution is 0.910. The van der Waals surface area contributed by atoms with Crippen molar-refractivity contribution >= 4 is 28.2 Å². The molecule has 14 heavy (non-hydrogen) atoms. The van der Waals surface area contributed by atoms with Gasteiger partial charge in [0.15, 0.2) is 0 Å². The first kappa shape index (κ1) is 9.41. The molecule has 2 N–H and O–H groups in total. The van der Waals surface area contributed by atoms with Crippen LogP contribution in [0.15, 0.2) is 12.1 Å². The number of anilines is 1. The third kappa shape index (κ3) is 1.04. The number of halogens is 1. The predicted octanol–water partition coefficient (Wildman–Crippen LogP) is 3.03. The molecule has 0 spiro atoms. The normalized spacial score (nSPS) is 11.1. The summed E-state index contributed by atoms with van der Waals surface area (Å²) in [4.78, 5) is 0. The number of aromatic nitrogens is 1. The Kier molecular flexibility index (Phi) is 1.96. The van der Waals surface area contributed by atoms with Crippen LogP contribution in [0.5, 0.6) is 0 Å². The SMILES string of the molecule is Cc1c(C)n(C)c2ccc(N)c(Cl)c12. The first-order valence-electron chi connectivity index (χ1n) is 4.53. The minimum Gasteiger partial charge on any atom is -0.398 e. The summed E-state index contributed by atoms with van der Waals surface area (Å²) in [5.74, 6) is 0. The van der Waals surface area contributed by atoms with Crippen LogP contribution in [0, 0.1) is 13.8 Å². The predicted molar refractivity (Wildman–Crippen MR) is 61.8 cm³/mol. The molecule has 0 bridgehead atoms. The maximum Gasteiger partial charge on any atom is 0.0731 e. The van der Waals surface area contributed by atoms with E-state index < -0.39 is 0 Å². The Balaban J connectivity index is 3.03. The van der Waals surface area contributed by atoms with Crippen LogP contribution in [0.25, 0.3) is 10.9 Å². The summed E-state index contributed by atoms with van der Waals surface area (Å²) in [6.45, 7) is 4.16. The van der Waals surface area contributed by atoms with Crippen LogP contribution in [0.2, 0.25) is 5.02 Å². The molecule has 0 saturated carbocycles. The second kappa shape index (κ2) is 2.92. The number of hydrogen-bond acceptors (Lipinski definition) is 1. The van der Waals surface area contributed by atoms with E-state index in [-0.39, 0.29) is 0 Å². The van der Waals surface area contributed by atoms with Gasteiger partial charge in [-0.1, -0.05) is 11.6 Å². The lowest BCUT2D eigenvalue weighted by atomic mass is 10.1. The highest BCUT2D eigenvalue weighted by atomic mass is 35.5. The fourth-order valence-electron chi connectivity index (χ4n) is 1.83. The van der Waals surface area contributed by atoms with E-state index in [1.807, 2.05) is 19.2 Å². The zero-order valence-electron chi connectivity index (χ0n) is 8.56. The van der Waals surface area contributed by atoms with Gasteiger partial charge in [-0.15, -0.1) is 0 Å². The Hall–Kier alpha value is -1.15. The Morgan fingerprint density at radius 2 is 1.93 bits per heavy atom. The molecule has 0 aliphatic carbocycles. The molecule has 0 aliphatic rings. The Bertz CT molecular complexity index is 512. The van der Waals surface area contributed by atoms with E-state index in [1.165, 1.54) is 11.3 Å². The molecule has 0 saturated heterocycles. The maximum absolute atomic E-state index is 6.18. The summed E-state index contributed by atoms with van der Waals surface area (Å²) < 4.78 is 2.13. The van der Waals surface area contributed by atoms with Crippen molar-refractivity contribution in [2.24, 2.45) is 7.05 Å². The number of nitrogens with two attached hydrogens (primary N) is 1. The van der Waals surface area contributed by atoms with Crippen LogP contribution in [-0.4, -0.2) is 4.57 Å². The van der Waals surface area contributed by atoms with E-state index in [1.54, 1.807) is 0 Å². The van der Waals surface area contributed by atoms with Crippen LogP contribution in [0.4, 0.5) is 5.69 Å². The Morgan fingerprint density at radius 3 is 2.57 bits per heavy atom. The topological polar surface area (TPSA) is 30.9 Å². The van der Waals surface area contributed by atoms with Crippen LogP contribution in [0.1, 0.15) is 11.3 Å². The van der Waals surface area contributed by atoms with Crippen molar-refractivity contribution in [3.8, 4) is 0 Å². The summed E-state index contributed by atoms with van der Waals surface area (Å²) in [6, 6.07) is 3.86. The van der Waals surface area contributed by atoms with E-state index in [0.717, 1.165) is 10.9 Å². The van der Waals surface area contributed by atoms with Crippen LogP contribution in [0.3, 0.4) is 0 Å². The number of fused-ring (bicyclic) bond motifs is 1. The summed E-state index contributed by atoms with van der Waals surface area (Å²) in [7, 11) is 2.04. The average molecular weight is 209 g/mol. The van der Waals surface area contributed by atoms with Gasteiger partial charge in [-0.3, -0.25) is 0 Å². The molecular weight excluding hydrogens is 196 g/mol. The van der Waals surface area contributed by atoms with Crippen molar-refractivity contribution in [2.75, 3.05) is 5.73 Å². The fraction of sp³-hybridized carbons (Fsp3) is 0.273. The van der Waals surface area contributed by atoms with Crippen molar-refractivity contribution in [3.05, 3.63) is 28.4 Å². The average Bonchev–Trinajstić information content (AvgIpc) is 2.38. The molecular formula is C11H13ClN2. The first-order valence-corrected chi connectivity index (χ1v) is 4.91. The Morgan fingerprint density at radius 1 is 1.29 bits per heavy atom. The van der Waals surface area contributed by atoms with Crippen LogP contribution >= 0.6 is 11.6 Å². The number of aryl methyl sites for hydroxylation is 2. The molecule has 1 aromatic carbocycles. The van der Waals surface area contributed by atoms with Crippen LogP contribution in [-0.2, 0) is 7.05 Å². The van der Waals surface area contributed by atoms with Crippen molar-refractivity contribution in [1.29, 1.82) is 0 Å². The highest BCUT2D eigenvalue weighted by Crippen LogP contribution is 2.34. The monoisotopic (exact) mass is 208 g/mol. The summed E-state index contributed by atoms with van der Waals surface area (Å²) in [5.41, 5.74) is 9.99. The molecule has 2 aromatic rings. The standard InChI is InChI=1S/C11H13ClN2/c1-6-7(2)14(3)9-5-4-8(13)11(12)10(6)9/h4-5H,13H2,1-3H3. The molecule has 0 radical (unpaired) electrons. The molecule has 0 amide bonds. The third-order valence-corrected chi connectivity index (χ3v) is 3.34. The van der Waals surface area contributed by atoms with Gasteiger partial charge in [0.05, 0.1) is 10.7 Å². The number of nitrogens with zero attached hydrogens (tertiary/aromatic N) is 1. The molecule has 2 rings (SSSR count). The van der Waals surface area contributed by atoms with Crippen molar-refractivity contribution < 1.29 is 0 Å². The number of nitrogen functional groups attached to an aromatic ring is 1. The minimum absolute atomic E-state index is 0.646. The van der Waals surface area contributed by atoms with Crippen LogP contribution < -0.4 is 5.73 Å². The highest BCUT2D eigenvalue weighted by molar-refractivity contribution is 6.38. The molecule has 3 heteroatoms. The van der Waals surface area contributed by atoms with Gasteiger partial charge < -0.3 is 10.3 Å². The van der Waals surface area contributed by atoms with Gasteiger partial charge in [-0.05, 0) is 31.5 Å².